The lowest BCUT2D eigenvalue weighted by atomic mass is 10.1. The predicted molar refractivity (Wildman–Crippen MR) is 80.5 cm³/mol. The number of carbonyl (C=O) groups excluding carboxylic acids is 1. The summed E-state index contributed by atoms with van der Waals surface area (Å²) in [5.74, 6) is 0.278. The highest BCUT2D eigenvalue weighted by Crippen LogP contribution is 2.12. The Labute approximate surface area is 120 Å². The molecule has 2 heterocycles. The summed E-state index contributed by atoms with van der Waals surface area (Å²) in [4.78, 5) is 14.5. The minimum atomic E-state index is 0.278. The van der Waals surface area contributed by atoms with E-state index in [-0.39, 0.29) is 5.91 Å². The molecule has 0 spiro atoms. The van der Waals surface area contributed by atoms with Crippen LogP contribution in [0.4, 0.5) is 0 Å². The van der Waals surface area contributed by atoms with Crippen LogP contribution < -0.4 is 5.32 Å². The molecule has 4 heteroatoms. The molecule has 1 N–H and O–H groups in total. The second-order valence-corrected chi connectivity index (χ2v) is 6.07. The van der Waals surface area contributed by atoms with Gasteiger partial charge in [0.1, 0.15) is 0 Å². The summed E-state index contributed by atoms with van der Waals surface area (Å²) in [5.41, 5.74) is 1.15. The van der Waals surface area contributed by atoms with Crippen LogP contribution in [0.5, 0.6) is 0 Å². The van der Waals surface area contributed by atoms with Crippen molar-refractivity contribution >= 4 is 17.2 Å². The van der Waals surface area contributed by atoms with E-state index in [2.05, 4.69) is 22.5 Å². The first kappa shape index (κ1) is 14.5. The summed E-state index contributed by atoms with van der Waals surface area (Å²) >= 11 is 1.66. The molecule has 1 unspecified atom stereocenters. The van der Waals surface area contributed by atoms with Crippen molar-refractivity contribution in [2.45, 2.75) is 45.1 Å². The zero-order chi connectivity index (χ0) is 13.5. The molecule has 1 atom stereocenters. The molecule has 0 bridgehead atoms. The molecular weight excluding hydrogens is 256 g/mol. The van der Waals surface area contributed by atoms with Crippen LogP contribution in [0.15, 0.2) is 16.8 Å². The molecule has 0 aromatic carbocycles. The van der Waals surface area contributed by atoms with Gasteiger partial charge in [0.2, 0.25) is 5.91 Å². The van der Waals surface area contributed by atoms with Crippen LogP contribution >= 0.6 is 11.3 Å². The lowest BCUT2D eigenvalue weighted by molar-refractivity contribution is -0.130. The topological polar surface area (TPSA) is 32.3 Å². The van der Waals surface area contributed by atoms with Gasteiger partial charge in [-0.2, -0.15) is 11.3 Å². The maximum atomic E-state index is 12.4. The van der Waals surface area contributed by atoms with Crippen molar-refractivity contribution in [3.05, 3.63) is 22.4 Å². The van der Waals surface area contributed by atoms with Crippen LogP contribution in [0.3, 0.4) is 0 Å². The molecule has 1 aromatic rings. The number of carbonyl (C=O) groups is 1. The molecule has 0 radical (unpaired) electrons. The molecule has 106 valence electrons. The number of nitrogens with one attached hydrogen (secondary N) is 1. The molecule has 1 fully saturated rings. The fraction of sp³-hybridized carbons (Fsp3) is 0.667. The zero-order valence-electron chi connectivity index (χ0n) is 11.7. The minimum absolute atomic E-state index is 0.278. The first-order valence-corrected chi connectivity index (χ1v) is 8.26. The average Bonchev–Trinajstić information content (AvgIpc) is 3.07. The Morgan fingerprint density at radius 3 is 3.11 bits per heavy atom. The van der Waals surface area contributed by atoms with Gasteiger partial charge in [0.25, 0.3) is 0 Å². The van der Waals surface area contributed by atoms with E-state index in [1.165, 1.54) is 12.8 Å². The fourth-order valence-electron chi connectivity index (χ4n) is 2.53. The second-order valence-electron chi connectivity index (χ2n) is 5.29. The van der Waals surface area contributed by atoms with Crippen molar-refractivity contribution in [3.8, 4) is 0 Å². The maximum absolute atomic E-state index is 12.4. The number of nitrogens with zero attached hydrogens (tertiary/aromatic N) is 1. The molecule has 19 heavy (non-hydrogen) atoms. The van der Waals surface area contributed by atoms with Gasteiger partial charge < -0.3 is 10.2 Å². The Hall–Kier alpha value is -0.870. The number of hydrogen-bond donors (Lipinski definition) is 1. The summed E-state index contributed by atoms with van der Waals surface area (Å²) < 4.78 is 0. The third kappa shape index (κ3) is 4.62. The third-order valence-electron chi connectivity index (χ3n) is 3.67. The maximum Gasteiger partial charge on any atom is 0.227 e. The van der Waals surface area contributed by atoms with Crippen LogP contribution in [-0.2, 0) is 11.2 Å². The second kappa shape index (κ2) is 7.65. The Balaban J connectivity index is 1.88. The van der Waals surface area contributed by atoms with E-state index < -0.39 is 0 Å². The van der Waals surface area contributed by atoms with Crippen LogP contribution in [0.1, 0.15) is 38.2 Å². The molecular formula is C15H24N2OS. The van der Waals surface area contributed by atoms with Crippen molar-refractivity contribution in [1.29, 1.82) is 0 Å². The molecule has 1 amide bonds. The van der Waals surface area contributed by atoms with E-state index in [0.29, 0.717) is 12.5 Å². The molecule has 0 aliphatic carbocycles. The van der Waals surface area contributed by atoms with Gasteiger partial charge in [-0.05, 0) is 48.2 Å². The van der Waals surface area contributed by atoms with Gasteiger partial charge in [-0.25, -0.2) is 0 Å². The Bertz CT molecular complexity index is 372. The highest BCUT2D eigenvalue weighted by molar-refractivity contribution is 7.07. The normalized spacial score (nSPS) is 18.7. The summed E-state index contributed by atoms with van der Waals surface area (Å²) in [6.07, 6.45) is 5.24. The Morgan fingerprint density at radius 2 is 2.47 bits per heavy atom. The van der Waals surface area contributed by atoms with E-state index >= 15 is 0 Å². The predicted octanol–water partition coefficient (Wildman–Crippen LogP) is 2.67. The van der Waals surface area contributed by atoms with Gasteiger partial charge in [0, 0.05) is 19.1 Å². The first-order chi connectivity index (χ1) is 9.29. The van der Waals surface area contributed by atoms with Crippen LogP contribution in [0, 0.1) is 0 Å². The van der Waals surface area contributed by atoms with Gasteiger partial charge in [-0.3, -0.25) is 4.79 Å². The molecule has 1 aliphatic heterocycles. The number of unbranched alkanes of at least 4 members (excludes halogenated alkanes) is 1. The van der Waals surface area contributed by atoms with Gasteiger partial charge >= 0.3 is 0 Å². The SMILES string of the molecule is CCCCN(CC1CCCN1)C(=O)Cc1ccsc1. The minimum Gasteiger partial charge on any atom is -0.341 e. The van der Waals surface area contributed by atoms with Crippen LogP contribution in [-0.4, -0.2) is 36.5 Å². The Kier molecular flexibility index (Phi) is 5.86. The standard InChI is InChI=1S/C15H24N2OS/c1-2-3-8-17(11-14-5-4-7-16-14)15(18)10-13-6-9-19-12-13/h6,9,12,14,16H,2-5,7-8,10-11H2,1H3. The third-order valence-corrected chi connectivity index (χ3v) is 4.40. The van der Waals surface area contributed by atoms with Crippen molar-refractivity contribution < 1.29 is 4.79 Å². The van der Waals surface area contributed by atoms with Crippen molar-refractivity contribution in [2.24, 2.45) is 0 Å². The largest absolute Gasteiger partial charge is 0.341 e. The van der Waals surface area contributed by atoms with E-state index in [1.807, 2.05) is 11.4 Å². The van der Waals surface area contributed by atoms with Crippen LogP contribution in [0.25, 0.3) is 0 Å². The zero-order valence-corrected chi connectivity index (χ0v) is 12.5. The van der Waals surface area contributed by atoms with Gasteiger partial charge in [-0.1, -0.05) is 13.3 Å². The summed E-state index contributed by atoms with van der Waals surface area (Å²) in [6, 6.07) is 2.55. The lowest BCUT2D eigenvalue weighted by Gasteiger charge is -2.26. The van der Waals surface area contributed by atoms with E-state index in [1.54, 1.807) is 11.3 Å². The van der Waals surface area contributed by atoms with Gasteiger partial charge in [0.15, 0.2) is 0 Å². The number of hydrogen-bond acceptors (Lipinski definition) is 3. The first-order valence-electron chi connectivity index (χ1n) is 7.32. The summed E-state index contributed by atoms with van der Waals surface area (Å²) in [6.45, 7) is 5.06. The van der Waals surface area contributed by atoms with Gasteiger partial charge in [0.05, 0.1) is 6.42 Å². The van der Waals surface area contributed by atoms with Crippen molar-refractivity contribution in [1.82, 2.24) is 10.2 Å². The number of rotatable bonds is 7. The highest BCUT2D eigenvalue weighted by Gasteiger charge is 2.21. The van der Waals surface area contributed by atoms with Crippen LogP contribution in [0.2, 0.25) is 0 Å². The summed E-state index contributed by atoms with van der Waals surface area (Å²) in [7, 11) is 0. The summed E-state index contributed by atoms with van der Waals surface area (Å²) in [5, 5.41) is 7.60. The van der Waals surface area contributed by atoms with E-state index in [4.69, 9.17) is 0 Å². The quantitative estimate of drug-likeness (QED) is 0.833. The van der Waals surface area contributed by atoms with E-state index in [0.717, 1.165) is 38.0 Å². The fourth-order valence-corrected chi connectivity index (χ4v) is 3.19. The van der Waals surface area contributed by atoms with Crippen molar-refractivity contribution in [3.63, 3.8) is 0 Å². The van der Waals surface area contributed by atoms with Crippen molar-refractivity contribution in [2.75, 3.05) is 19.6 Å². The monoisotopic (exact) mass is 280 g/mol. The van der Waals surface area contributed by atoms with E-state index in [9.17, 15) is 4.79 Å². The molecule has 2 rings (SSSR count). The number of amides is 1. The lowest BCUT2D eigenvalue weighted by Crippen LogP contribution is -2.42. The molecule has 1 aromatic heterocycles. The average molecular weight is 280 g/mol. The highest BCUT2D eigenvalue weighted by atomic mass is 32.1. The smallest absolute Gasteiger partial charge is 0.227 e. The molecule has 1 aliphatic rings. The van der Waals surface area contributed by atoms with Gasteiger partial charge in [-0.15, -0.1) is 0 Å². The Morgan fingerprint density at radius 1 is 1.58 bits per heavy atom. The molecule has 0 saturated carbocycles. The number of thiophene rings is 1. The molecule has 1 saturated heterocycles. The molecule has 3 nitrogen and oxygen atoms in total.